The predicted molar refractivity (Wildman–Crippen MR) is 231 cm³/mol. The van der Waals surface area contributed by atoms with Crippen LogP contribution < -0.4 is 4.90 Å². The lowest BCUT2D eigenvalue weighted by atomic mass is 9.93. The second-order valence-corrected chi connectivity index (χ2v) is 14.1. The molecule has 0 N–H and O–H groups in total. The first-order valence-electron chi connectivity index (χ1n) is 18.8. The summed E-state index contributed by atoms with van der Waals surface area (Å²) in [5.41, 5.74) is 13.2. The van der Waals surface area contributed by atoms with Gasteiger partial charge in [0.25, 0.3) is 0 Å². The number of aromatic nitrogens is 1. The third-order valence-electron chi connectivity index (χ3n) is 11.0. The number of hydrogen-bond donors (Lipinski definition) is 0. The summed E-state index contributed by atoms with van der Waals surface area (Å²) in [4.78, 5) is 2.36. The highest BCUT2D eigenvalue weighted by molar-refractivity contribution is 6.27. The van der Waals surface area contributed by atoms with E-state index in [9.17, 15) is 0 Å². The van der Waals surface area contributed by atoms with Crippen molar-refractivity contribution in [1.82, 2.24) is 4.57 Å². The fraction of sp³-hybridized carbons (Fsp3) is 0. The smallest absolute Gasteiger partial charge is 0.138 e. The lowest BCUT2D eigenvalue weighted by molar-refractivity contribution is 0.669. The van der Waals surface area contributed by atoms with Crippen LogP contribution in [0.1, 0.15) is 0 Å². The first kappa shape index (κ1) is 31.2. The van der Waals surface area contributed by atoms with Crippen LogP contribution in [0.4, 0.5) is 17.1 Å². The van der Waals surface area contributed by atoms with Gasteiger partial charge in [-0.1, -0.05) is 140 Å². The highest BCUT2D eigenvalue weighted by Gasteiger charge is 2.23. The van der Waals surface area contributed by atoms with Crippen molar-refractivity contribution in [3.63, 3.8) is 0 Å². The van der Waals surface area contributed by atoms with Gasteiger partial charge in [-0.3, -0.25) is 0 Å². The lowest BCUT2D eigenvalue weighted by Gasteiger charge is -2.27. The minimum Gasteiger partial charge on any atom is -0.456 e. The number of furan rings is 1. The normalized spacial score (nSPS) is 11.6. The number of hydrogen-bond acceptors (Lipinski definition) is 2. The maximum absolute atomic E-state index is 6.67. The summed E-state index contributed by atoms with van der Waals surface area (Å²) in [6.45, 7) is 0. The van der Waals surface area contributed by atoms with Crippen molar-refractivity contribution in [2.24, 2.45) is 0 Å². The third-order valence-corrected chi connectivity index (χ3v) is 11.0. The number of fused-ring (bicyclic) bond motifs is 7. The van der Waals surface area contributed by atoms with Gasteiger partial charge in [0.05, 0.1) is 16.7 Å². The Hall–Kier alpha value is -7.36. The Morgan fingerprint density at radius 1 is 0.382 bits per heavy atom. The molecule has 3 heteroatoms. The van der Waals surface area contributed by atoms with E-state index < -0.39 is 0 Å². The summed E-state index contributed by atoms with van der Waals surface area (Å²) in [5.74, 6) is 0. The molecule has 0 atom stereocenters. The highest BCUT2D eigenvalue weighted by atomic mass is 16.3. The molecule has 0 aliphatic carbocycles. The molecule has 0 amide bonds. The Morgan fingerprint density at radius 3 is 1.80 bits per heavy atom. The summed E-state index contributed by atoms with van der Waals surface area (Å²) in [5, 5.41) is 7.10. The van der Waals surface area contributed by atoms with Crippen LogP contribution in [-0.4, -0.2) is 4.57 Å². The van der Waals surface area contributed by atoms with E-state index in [1.54, 1.807) is 0 Å². The van der Waals surface area contributed by atoms with E-state index in [0.29, 0.717) is 0 Å². The summed E-state index contributed by atoms with van der Waals surface area (Å²) in [7, 11) is 0. The molecule has 0 aliphatic heterocycles. The van der Waals surface area contributed by atoms with Crippen LogP contribution in [0.25, 0.3) is 82.5 Å². The van der Waals surface area contributed by atoms with Crippen molar-refractivity contribution < 1.29 is 4.42 Å². The largest absolute Gasteiger partial charge is 0.456 e. The molecular formula is C52H34N2O. The minimum absolute atomic E-state index is 0.878. The molecule has 0 unspecified atom stereocenters. The van der Waals surface area contributed by atoms with Gasteiger partial charge in [0, 0.05) is 55.6 Å². The van der Waals surface area contributed by atoms with Gasteiger partial charge in [-0.2, -0.15) is 0 Å². The topological polar surface area (TPSA) is 21.3 Å². The molecule has 55 heavy (non-hydrogen) atoms. The van der Waals surface area contributed by atoms with Gasteiger partial charge >= 0.3 is 0 Å². The average Bonchev–Trinajstić information content (AvgIpc) is 3.79. The Morgan fingerprint density at radius 2 is 1.02 bits per heavy atom. The summed E-state index contributed by atoms with van der Waals surface area (Å²) in [6.07, 6.45) is 0. The zero-order chi connectivity index (χ0) is 36.3. The van der Waals surface area contributed by atoms with Gasteiger partial charge in [0.2, 0.25) is 0 Å². The van der Waals surface area contributed by atoms with Crippen molar-refractivity contribution in [2.45, 2.75) is 0 Å². The van der Waals surface area contributed by atoms with Crippen LogP contribution in [0, 0.1) is 0 Å². The van der Waals surface area contributed by atoms with Gasteiger partial charge in [-0.05, 0) is 82.7 Å². The van der Waals surface area contributed by atoms with Crippen LogP contribution >= 0.6 is 0 Å². The van der Waals surface area contributed by atoms with Gasteiger partial charge in [0.1, 0.15) is 11.2 Å². The van der Waals surface area contributed by atoms with Crippen LogP contribution in [0.3, 0.4) is 0 Å². The molecule has 0 aliphatic rings. The van der Waals surface area contributed by atoms with E-state index >= 15 is 0 Å². The minimum atomic E-state index is 0.878. The molecule has 0 radical (unpaired) electrons. The molecule has 0 saturated carbocycles. The quantitative estimate of drug-likeness (QED) is 0.172. The fourth-order valence-electron chi connectivity index (χ4n) is 8.52. The fourth-order valence-corrected chi connectivity index (χ4v) is 8.52. The van der Waals surface area contributed by atoms with Crippen molar-refractivity contribution in [3.05, 3.63) is 206 Å². The van der Waals surface area contributed by atoms with Crippen molar-refractivity contribution in [3.8, 4) is 27.9 Å². The molecule has 0 bridgehead atoms. The Bertz CT molecular complexity index is 3170. The Kier molecular flexibility index (Phi) is 7.17. The Balaban J connectivity index is 1.19. The van der Waals surface area contributed by atoms with E-state index in [4.69, 9.17) is 4.42 Å². The van der Waals surface area contributed by atoms with Crippen molar-refractivity contribution >= 4 is 71.6 Å². The second-order valence-electron chi connectivity index (χ2n) is 14.1. The van der Waals surface area contributed by atoms with Crippen molar-refractivity contribution in [1.29, 1.82) is 0 Å². The summed E-state index contributed by atoms with van der Waals surface area (Å²) < 4.78 is 9.08. The molecule has 2 heterocycles. The van der Waals surface area contributed by atoms with Gasteiger partial charge in [0.15, 0.2) is 0 Å². The monoisotopic (exact) mass is 702 g/mol. The zero-order valence-electron chi connectivity index (χ0n) is 29.9. The maximum atomic E-state index is 6.67. The average molecular weight is 703 g/mol. The maximum Gasteiger partial charge on any atom is 0.138 e. The van der Waals surface area contributed by atoms with Crippen LogP contribution in [0.15, 0.2) is 211 Å². The van der Waals surface area contributed by atoms with E-state index in [0.717, 1.165) is 61.3 Å². The first-order chi connectivity index (χ1) is 27.3. The molecule has 0 spiro atoms. The summed E-state index contributed by atoms with van der Waals surface area (Å²) >= 11 is 0. The number of anilines is 3. The molecule has 11 rings (SSSR count). The number of para-hydroxylation sites is 2. The van der Waals surface area contributed by atoms with E-state index in [1.807, 2.05) is 6.07 Å². The number of nitrogens with zero attached hydrogens (tertiary/aromatic N) is 2. The molecular weight excluding hydrogens is 669 g/mol. The Labute approximate surface area is 318 Å². The molecule has 9 aromatic carbocycles. The first-order valence-corrected chi connectivity index (χ1v) is 18.8. The lowest BCUT2D eigenvalue weighted by Crippen LogP contribution is -2.10. The van der Waals surface area contributed by atoms with Gasteiger partial charge < -0.3 is 13.9 Å². The summed E-state index contributed by atoms with van der Waals surface area (Å²) in [6, 6.07) is 73.8. The van der Waals surface area contributed by atoms with Crippen LogP contribution in [0.5, 0.6) is 0 Å². The van der Waals surface area contributed by atoms with Gasteiger partial charge in [-0.25, -0.2) is 0 Å². The van der Waals surface area contributed by atoms with Crippen LogP contribution in [0.2, 0.25) is 0 Å². The van der Waals surface area contributed by atoms with E-state index in [2.05, 4.69) is 210 Å². The van der Waals surface area contributed by atoms with Crippen molar-refractivity contribution in [2.75, 3.05) is 4.90 Å². The molecule has 0 saturated heterocycles. The van der Waals surface area contributed by atoms with E-state index in [1.165, 1.54) is 38.2 Å². The highest BCUT2D eigenvalue weighted by Crippen LogP contribution is 2.47. The number of benzene rings is 9. The predicted octanol–water partition coefficient (Wildman–Crippen LogP) is 14.6. The van der Waals surface area contributed by atoms with E-state index in [-0.39, 0.29) is 0 Å². The zero-order valence-corrected chi connectivity index (χ0v) is 29.9. The molecule has 258 valence electrons. The molecule has 11 aromatic rings. The van der Waals surface area contributed by atoms with Crippen LogP contribution in [-0.2, 0) is 0 Å². The molecule has 2 aromatic heterocycles. The molecule has 3 nitrogen and oxygen atoms in total. The van der Waals surface area contributed by atoms with Gasteiger partial charge in [-0.15, -0.1) is 0 Å². The second kappa shape index (κ2) is 12.6. The molecule has 0 fully saturated rings. The number of rotatable bonds is 6. The third kappa shape index (κ3) is 5.05. The standard InChI is InChI=1S/C52H34N2O/c1-4-15-35(16-5-1)38-27-32-46-44(33-38)51-47(34-49-52(43-24-12-13-26-48(43)55-49)50(51)37-18-6-2-7-19-37)54(46)41-30-28-40(29-31-41)53(39-21-8-3-9-22-39)45-25-14-20-36-17-10-11-23-42(36)45/h1-34H. The SMILES string of the molecule is c1ccc(-c2ccc3c(c2)c2c(-c4ccccc4)c4c(cc2n3-c2ccc(N(c3ccccc3)c3cccc5ccccc35)cc2)oc2ccccc24)cc1.